The molecule has 1 N–H and O–H groups in total. The van der Waals surface area contributed by atoms with Crippen molar-refractivity contribution in [2.24, 2.45) is 0 Å². The maximum atomic E-state index is 12.5. The largest absolute Gasteiger partial charge is 0.484 e. The van der Waals surface area contributed by atoms with Crippen molar-refractivity contribution in [3.63, 3.8) is 0 Å². The van der Waals surface area contributed by atoms with Crippen molar-refractivity contribution < 1.29 is 9.53 Å². The lowest BCUT2D eigenvalue weighted by molar-refractivity contribution is -0.121. The lowest BCUT2D eigenvalue weighted by Gasteiger charge is -2.26. The summed E-state index contributed by atoms with van der Waals surface area (Å²) in [6.45, 7) is 8.31. The summed E-state index contributed by atoms with van der Waals surface area (Å²) >= 11 is 7.60. The highest BCUT2D eigenvalue weighted by Crippen LogP contribution is 2.40. The Hall–Kier alpha value is -1.73. The molecule has 28 heavy (non-hydrogen) atoms. The standard InChI is InChI=1S/C20H27ClN4O2S/c1-5-20(3,4)22-18(26)13(2)28-19-24-23-17(25(19)14-10-11-14)12-27-16-9-7-6-8-15(16)21/h6-9,13-14H,5,10-12H2,1-4H3,(H,22,26). The van der Waals surface area contributed by atoms with E-state index >= 15 is 0 Å². The Morgan fingerprint density at radius 3 is 2.75 bits per heavy atom. The Balaban J connectivity index is 1.69. The number of rotatable bonds is 9. The molecule has 1 saturated carbocycles. The first-order valence-corrected chi connectivity index (χ1v) is 10.9. The van der Waals surface area contributed by atoms with Crippen molar-refractivity contribution in [2.75, 3.05) is 0 Å². The number of ether oxygens (including phenoxy) is 1. The van der Waals surface area contributed by atoms with Crippen LogP contribution in [0.3, 0.4) is 0 Å². The molecule has 8 heteroatoms. The van der Waals surface area contributed by atoms with Gasteiger partial charge in [-0.15, -0.1) is 10.2 Å². The third-order valence-electron chi connectivity index (χ3n) is 4.84. The molecule has 1 unspecified atom stereocenters. The topological polar surface area (TPSA) is 69.0 Å². The number of carbonyl (C=O) groups excluding carboxylic acids is 1. The summed E-state index contributed by atoms with van der Waals surface area (Å²) in [6, 6.07) is 7.75. The minimum absolute atomic E-state index is 0.0102. The van der Waals surface area contributed by atoms with Crippen LogP contribution in [0, 0.1) is 0 Å². The number of halogens is 1. The molecular formula is C20H27ClN4O2S. The highest BCUT2D eigenvalue weighted by atomic mass is 35.5. The third-order valence-corrected chi connectivity index (χ3v) is 6.21. The summed E-state index contributed by atoms with van der Waals surface area (Å²) in [5.41, 5.74) is -0.218. The fourth-order valence-corrected chi connectivity index (χ4v) is 3.75. The highest BCUT2D eigenvalue weighted by molar-refractivity contribution is 8.00. The van der Waals surface area contributed by atoms with Crippen LogP contribution in [-0.4, -0.2) is 31.5 Å². The number of aromatic nitrogens is 3. The van der Waals surface area contributed by atoms with Crippen LogP contribution in [0.5, 0.6) is 5.75 Å². The third kappa shape index (κ3) is 5.20. The quantitative estimate of drug-likeness (QED) is 0.596. The molecule has 0 bridgehead atoms. The Labute approximate surface area is 175 Å². The summed E-state index contributed by atoms with van der Waals surface area (Å²) in [6.07, 6.45) is 3.06. The van der Waals surface area contributed by atoms with Crippen LogP contribution in [0.1, 0.15) is 58.8 Å². The Morgan fingerprint density at radius 1 is 1.39 bits per heavy atom. The van der Waals surface area contributed by atoms with Gasteiger partial charge in [0.25, 0.3) is 0 Å². The number of nitrogens with zero attached hydrogens (tertiary/aromatic N) is 3. The molecule has 1 amide bonds. The minimum Gasteiger partial charge on any atom is -0.484 e. The van der Waals surface area contributed by atoms with Gasteiger partial charge >= 0.3 is 0 Å². The molecule has 1 fully saturated rings. The van der Waals surface area contributed by atoms with Crippen LogP contribution in [-0.2, 0) is 11.4 Å². The number of carbonyl (C=O) groups is 1. The average Bonchev–Trinajstić information content (AvgIpc) is 3.42. The van der Waals surface area contributed by atoms with Crippen molar-refractivity contribution in [1.29, 1.82) is 0 Å². The van der Waals surface area contributed by atoms with Gasteiger partial charge in [0.2, 0.25) is 5.91 Å². The Kier molecular flexibility index (Phi) is 6.55. The van der Waals surface area contributed by atoms with Gasteiger partial charge in [-0.3, -0.25) is 9.36 Å². The molecule has 0 aliphatic heterocycles. The Bertz CT molecular complexity index is 835. The first-order chi connectivity index (χ1) is 13.3. The molecule has 152 valence electrons. The normalized spacial score (nSPS) is 15.3. The molecule has 6 nitrogen and oxygen atoms in total. The molecule has 2 aromatic rings. The molecule has 0 saturated heterocycles. The predicted octanol–water partition coefficient (Wildman–Crippen LogP) is 4.63. The SMILES string of the molecule is CCC(C)(C)NC(=O)C(C)Sc1nnc(COc2ccccc2Cl)n1C1CC1. The predicted molar refractivity (Wildman–Crippen MR) is 112 cm³/mol. The van der Waals surface area contributed by atoms with Gasteiger partial charge in [-0.05, 0) is 52.2 Å². The molecule has 1 aliphatic rings. The second-order valence-electron chi connectivity index (χ2n) is 7.71. The molecule has 1 atom stereocenters. The zero-order chi connectivity index (χ0) is 20.3. The fraction of sp³-hybridized carbons (Fsp3) is 0.550. The van der Waals surface area contributed by atoms with Crippen LogP contribution < -0.4 is 10.1 Å². The second-order valence-corrected chi connectivity index (χ2v) is 9.42. The summed E-state index contributed by atoms with van der Waals surface area (Å²) in [5.74, 6) is 1.39. The average molecular weight is 423 g/mol. The summed E-state index contributed by atoms with van der Waals surface area (Å²) in [5, 5.41) is 12.8. The van der Waals surface area contributed by atoms with Gasteiger partial charge in [0.05, 0.1) is 10.3 Å². The summed E-state index contributed by atoms with van der Waals surface area (Å²) in [7, 11) is 0. The zero-order valence-corrected chi connectivity index (χ0v) is 18.3. The van der Waals surface area contributed by atoms with E-state index in [2.05, 4.69) is 27.0 Å². The van der Waals surface area contributed by atoms with Crippen LogP contribution in [0.15, 0.2) is 29.4 Å². The fourth-order valence-electron chi connectivity index (χ4n) is 2.62. The van der Waals surface area contributed by atoms with Gasteiger partial charge in [-0.25, -0.2) is 0 Å². The van der Waals surface area contributed by atoms with Gasteiger partial charge in [0.1, 0.15) is 12.4 Å². The maximum absolute atomic E-state index is 12.5. The number of amides is 1. The molecule has 1 aromatic heterocycles. The van der Waals surface area contributed by atoms with Gasteiger partial charge in [-0.2, -0.15) is 0 Å². The van der Waals surface area contributed by atoms with E-state index in [4.69, 9.17) is 16.3 Å². The number of hydrogen-bond acceptors (Lipinski definition) is 5. The lowest BCUT2D eigenvalue weighted by atomic mass is 10.0. The van der Waals surface area contributed by atoms with E-state index in [1.807, 2.05) is 39.0 Å². The van der Waals surface area contributed by atoms with Crippen molar-refractivity contribution in [1.82, 2.24) is 20.1 Å². The van der Waals surface area contributed by atoms with Gasteiger partial charge < -0.3 is 10.1 Å². The second kappa shape index (κ2) is 8.74. The van der Waals surface area contributed by atoms with E-state index in [1.165, 1.54) is 11.8 Å². The first kappa shape index (κ1) is 21.0. The smallest absolute Gasteiger partial charge is 0.233 e. The van der Waals surface area contributed by atoms with Gasteiger partial charge in [0.15, 0.2) is 11.0 Å². The maximum Gasteiger partial charge on any atom is 0.233 e. The van der Waals surface area contributed by atoms with Crippen molar-refractivity contribution in [3.8, 4) is 5.75 Å². The highest BCUT2D eigenvalue weighted by Gasteiger charge is 2.32. The van der Waals surface area contributed by atoms with E-state index in [1.54, 1.807) is 6.07 Å². The number of thioether (sulfide) groups is 1. The molecule has 1 aromatic carbocycles. The van der Waals surface area contributed by atoms with Crippen LogP contribution >= 0.6 is 23.4 Å². The number of para-hydroxylation sites is 1. The molecular weight excluding hydrogens is 396 g/mol. The Morgan fingerprint density at radius 2 is 2.11 bits per heavy atom. The van der Waals surface area contributed by atoms with Crippen LogP contribution in [0.25, 0.3) is 0 Å². The summed E-state index contributed by atoms with van der Waals surface area (Å²) < 4.78 is 7.95. The zero-order valence-electron chi connectivity index (χ0n) is 16.7. The monoisotopic (exact) mass is 422 g/mol. The number of benzene rings is 1. The van der Waals surface area contributed by atoms with E-state index in [0.717, 1.165) is 30.2 Å². The molecule has 0 radical (unpaired) electrons. The number of hydrogen-bond donors (Lipinski definition) is 1. The van der Waals surface area contributed by atoms with Crippen molar-refractivity contribution in [3.05, 3.63) is 35.1 Å². The van der Waals surface area contributed by atoms with Crippen molar-refractivity contribution >= 4 is 29.3 Å². The van der Waals surface area contributed by atoms with Gasteiger partial charge in [-0.1, -0.05) is 42.4 Å². The van der Waals surface area contributed by atoms with Crippen molar-refractivity contribution in [2.45, 2.75) is 75.6 Å². The van der Waals surface area contributed by atoms with E-state index in [-0.39, 0.29) is 23.3 Å². The molecule has 3 rings (SSSR count). The van der Waals surface area contributed by atoms with E-state index < -0.39 is 0 Å². The van der Waals surface area contributed by atoms with Crippen LogP contribution in [0.4, 0.5) is 0 Å². The molecule has 1 aliphatic carbocycles. The lowest BCUT2D eigenvalue weighted by Crippen LogP contribution is -2.46. The van der Waals surface area contributed by atoms with Gasteiger partial charge in [0, 0.05) is 11.6 Å². The summed E-state index contributed by atoms with van der Waals surface area (Å²) in [4.78, 5) is 12.5. The molecule has 0 spiro atoms. The first-order valence-electron chi connectivity index (χ1n) is 9.60. The van der Waals surface area contributed by atoms with E-state index in [0.29, 0.717) is 16.8 Å². The minimum atomic E-state index is -0.259. The van der Waals surface area contributed by atoms with Crippen LogP contribution in [0.2, 0.25) is 5.02 Å². The molecule has 1 heterocycles. The number of nitrogens with one attached hydrogen (secondary N) is 1. The van der Waals surface area contributed by atoms with E-state index in [9.17, 15) is 4.79 Å².